The average molecular weight is 256 g/mol. The van der Waals surface area contributed by atoms with Gasteiger partial charge in [-0.15, -0.1) is 0 Å². The number of rotatable bonds is 2. The Hall–Kier alpha value is 0.400. The molecule has 0 amide bonds. The number of hydrogen-bond acceptors (Lipinski definition) is 2. The second-order valence-electron chi connectivity index (χ2n) is 4.09. The van der Waals surface area contributed by atoms with E-state index < -0.39 is 0 Å². The zero-order valence-corrected chi connectivity index (χ0v) is 11.7. The summed E-state index contributed by atoms with van der Waals surface area (Å²) >= 11 is 0. The minimum atomic E-state index is 0.465. The van der Waals surface area contributed by atoms with E-state index in [1.54, 1.807) is 25.8 Å². The quantitative estimate of drug-likeness (QED) is 0.488. The second kappa shape index (κ2) is 4.01. The van der Waals surface area contributed by atoms with Crippen LogP contribution in [0, 0.1) is 0 Å². The van der Waals surface area contributed by atoms with Gasteiger partial charge in [-0.25, -0.2) is 0 Å². The zero-order chi connectivity index (χ0) is 10.4. The van der Waals surface area contributed by atoms with Crippen LogP contribution in [0.2, 0.25) is 0 Å². The highest BCUT2D eigenvalue weighted by Gasteiger charge is 2.35. The lowest BCUT2D eigenvalue weighted by atomic mass is 9.88. The summed E-state index contributed by atoms with van der Waals surface area (Å²) in [4.78, 5) is 5.19. The van der Waals surface area contributed by atoms with E-state index in [1.165, 1.54) is 32.1 Å². The molecule has 0 spiro atoms. The van der Waals surface area contributed by atoms with E-state index in [1.807, 2.05) is 0 Å². The van der Waals surface area contributed by atoms with Gasteiger partial charge in [0.25, 0.3) is 0 Å². The Balaban J connectivity index is 2.07. The molecule has 1 aliphatic carbocycles. The third-order valence-electron chi connectivity index (χ3n) is 3.24. The van der Waals surface area contributed by atoms with E-state index >= 15 is 0 Å². The summed E-state index contributed by atoms with van der Waals surface area (Å²) in [6, 6.07) is 0. The van der Waals surface area contributed by atoms with Crippen molar-refractivity contribution in [2.45, 2.75) is 46.0 Å². The van der Waals surface area contributed by atoms with Gasteiger partial charge in [0.15, 0.2) is 0 Å². The van der Waals surface area contributed by atoms with E-state index in [-0.39, 0.29) is 0 Å². The molecular formula is C12H16S3. The van der Waals surface area contributed by atoms with E-state index in [0.717, 1.165) is 0 Å². The van der Waals surface area contributed by atoms with E-state index in [0.29, 0.717) is 8.55 Å². The topological polar surface area (TPSA) is 0 Å². The minimum Gasteiger partial charge on any atom is -0.0607 e. The van der Waals surface area contributed by atoms with E-state index in [2.05, 4.69) is 35.4 Å². The van der Waals surface area contributed by atoms with Gasteiger partial charge in [0, 0.05) is 14.7 Å². The van der Waals surface area contributed by atoms with Crippen LogP contribution in [0.1, 0.15) is 46.0 Å². The molecule has 0 nitrogen and oxygen atoms in total. The number of hydrogen-bond donors (Lipinski definition) is 0. The summed E-state index contributed by atoms with van der Waals surface area (Å²) < 4.78 is 0. The van der Waals surface area contributed by atoms with E-state index in [4.69, 9.17) is 0 Å². The molecule has 0 aromatic rings. The van der Waals surface area contributed by atoms with Crippen LogP contribution in [0.25, 0.3) is 0 Å². The first-order valence-corrected chi connectivity index (χ1v) is 9.67. The van der Waals surface area contributed by atoms with Gasteiger partial charge < -0.3 is 0 Å². The maximum Gasteiger partial charge on any atom is 0.0266 e. The van der Waals surface area contributed by atoms with Crippen molar-refractivity contribution in [3.05, 3.63) is 21.0 Å². The first-order chi connectivity index (χ1) is 7.35. The first kappa shape index (κ1) is 10.5. The van der Waals surface area contributed by atoms with Crippen molar-refractivity contribution in [1.82, 2.24) is 0 Å². The fraction of sp³-hybridized carbons (Fsp3) is 0.583. The molecule has 0 aromatic heterocycles. The monoisotopic (exact) mass is 256 g/mol. The van der Waals surface area contributed by atoms with Gasteiger partial charge in [0.2, 0.25) is 0 Å². The van der Waals surface area contributed by atoms with Gasteiger partial charge in [0.1, 0.15) is 0 Å². The van der Waals surface area contributed by atoms with Crippen LogP contribution in [-0.2, 0) is 0 Å². The predicted octanol–water partition coefficient (Wildman–Crippen LogP) is 5.26. The van der Waals surface area contributed by atoms with Crippen LogP contribution in [0.15, 0.2) is 21.0 Å². The van der Waals surface area contributed by atoms with Crippen LogP contribution < -0.4 is 0 Å². The first-order valence-electron chi connectivity index (χ1n) is 5.77. The lowest BCUT2D eigenvalue weighted by Gasteiger charge is -2.19. The Labute approximate surface area is 102 Å². The van der Waals surface area contributed by atoms with Gasteiger partial charge in [0.05, 0.1) is 0 Å². The van der Waals surface area contributed by atoms with Crippen LogP contribution in [0.5, 0.6) is 0 Å². The van der Waals surface area contributed by atoms with Crippen molar-refractivity contribution in [1.29, 1.82) is 0 Å². The fourth-order valence-electron chi connectivity index (χ4n) is 2.51. The van der Waals surface area contributed by atoms with Gasteiger partial charge in [-0.1, -0.05) is 44.0 Å². The van der Waals surface area contributed by atoms with Crippen molar-refractivity contribution in [2.24, 2.45) is 0 Å². The predicted molar refractivity (Wildman–Crippen MR) is 76.3 cm³/mol. The molecule has 0 saturated heterocycles. The lowest BCUT2D eigenvalue weighted by Crippen LogP contribution is -2.10. The van der Waals surface area contributed by atoms with Crippen LogP contribution in [0.3, 0.4) is 0 Å². The number of allylic oxidation sites excluding steroid dienone is 4. The summed E-state index contributed by atoms with van der Waals surface area (Å²) in [5, 5.41) is 0. The Morgan fingerprint density at radius 1 is 1.00 bits per heavy atom. The molecule has 3 aliphatic rings. The molecule has 1 saturated carbocycles. The molecule has 3 rings (SSSR count). The second-order valence-corrected chi connectivity index (χ2v) is 9.92. The summed E-state index contributed by atoms with van der Waals surface area (Å²) in [5.41, 5.74) is 3.51. The third-order valence-corrected chi connectivity index (χ3v) is 10.2. The lowest BCUT2D eigenvalue weighted by molar-refractivity contribution is 0.807. The summed E-state index contributed by atoms with van der Waals surface area (Å²) in [6.45, 7) is 4.62. The Kier molecular flexibility index (Phi) is 2.82. The normalized spacial score (nSPS) is 25.6. The van der Waals surface area contributed by atoms with Gasteiger partial charge in [-0.2, -0.15) is 0 Å². The molecule has 0 N–H and O–H groups in total. The SMILES string of the molecule is CCC1=C2CCCC3=C(CC)SS(=C23)S1. The summed E-state index contributed by atoms with van der Waals surface area (Å²) in [5.74, 6) is 0. The Bertz CT molecular complexity index is 377. The zero-order valence-electron chi connectivity index (χ0n) is 9.26. The van der Waals surface area contributed by atoms with E-state index in [9.17, 15) is 0 Å². The maximum atomic E-state index is 2.31. The van der Waals surface area contributed by atoms with Crippen LogP contribution >= 0.6 is 30.1 Å². The van der Waals surface area contributed by atoms with Gasteiger partial charge >= 0.3 is 0 Å². The van der Waals surface area contributed by atoms with Crippen molar-refractivity contribution in [3.63, 3.8) is 0 Å². The maximum absolute atomic E-state index is 2.31. The third kappa shape index (κ3) is 1.50. The Morgan fingerprint density at radius 3 is 2.00 bits per heavy atom. The molecule has 3 heteroatoms. The van der Waals surface area contributed by atoms with Crippen molar-refractivity contribution in [2.75, 3.05) is 0 Å². The molecule has 82 valence electrons. The van der Waals surface area contributed by atoms with Crippen molar-refractivity contribution >= 4 is 35.0 Å². The summed E-state index contributed by atoms with van der Waals surface area (Å²) in [7, 11) is 4.80. The minimum absolute atomic E-state index is 0.465. The molecule has 2 aliphatic heterocycles. The average Bonchev–Trinajstić information content (AvgIpc) is 2.81. The molecule has 0 aromatic carbocycles. The molecule has 0 radical (unpaired) electrons. The highest BCUT2D eigenvalue weighted by Crippen LogP contribution is 2.66. The molecule has 1 fully saturated rings. The Morgan fingerprint density at radius 2 is 1.53 bits per heavy atom. The molecule has 0 atom stereocenters. The van der Waals surface area contributed by atoms with Gasteiger partial charge in [-0.3, -0.25) is 0 Å². The van der Waals surface area contributed by atoms with Crippen LogP contribution in [0.4, 0.5) is 0 Å². The molecule has 0 unspecified atom stereocenters. The van der Waals surface area contributed by atoms with Crippen LogP contribution in [-0.4, -0.2) is 4.86 Å². The standard InChI is InChI=1S/C12H16S3/c1-3-10-8-6-5-7-9-11(4-2)14-15(13-10)12(8)9/h3-7H2,1-2H3. The smallest absolute Gasteiger partial charge is 0.0266 e. The fourth-order valence-corrected chi connectivity index (χ4v) is 10.9. The highest BCUT2D eigenvalue weighted by atomic mass is 33.5. The largest absolute Gasteiger partial charge is 0.0607 e. The summed E-state index contributed by atoms with van der Waals surface area (Å²) in [6.07, 6.45) is 6.61. The van der Waals surface area contributed by atoms with Crippen molar-refractivity contribution < 1.29 is 0 Å². The molecule has 0 bridgehead atoms. The van der Waals surface area contributed by atoms with Gasteiger partial charge in [-0.05, 0) is 43.3 Å². The molecular weight excluding hydrogens is 240 g/mol. The highest BCUT2D eigenvalue weighted by molar-refractivity contribution is 9.17. The molecule has 15 heavy (non-hydrogen) atoms. The van der Waals surface area contributed by atoms with Crippen molar-refractivity contribution in [3.8, 4) is 0 Å². The molecule has 2 heterocycles.